The average Bonchev–Trinajstić information content (AvgIpc) is 2.30. The predicted octanol–water partition coefficient (Wildman–Crippen LogP) is -0.356. The van der Waals surface area contributed by atoms with Crippen LogP contribution in [0.5, 0.6) is 0 Å². The summed E-state index contributed by atoms with van der Waals surface area (Å²) in [6, 6.07) is 0.874. The van der Waals surface area contributed by atoms with E-state index in [0.717, 1.165) is 6.07 Å². The number of carboxylic acid groups (broad SMARTS) is 1. The van der Waals surface area contributed by atoms with E-state index in [1.165, 1.54) is 0 Å². The van der Waals surface area contributed by atoms with Crippen molar-refractivity contribution in [3.63, 3.8) is 0 Å². The summed E-state index contributed by atoms with van der Waals surface area (Å²) in [5, 5.41) is 11.2. The van der Waals surface area contributed by atoms with Crippen LogP contribution in [0.4, 0.5) is 3.89 Å². The van der Waals surface area contributed by atoms with Gasteiger partial charge in [0, 0.05) is 6.20 Å². The van der Waals surface area contributed by atoms with Crippen LogP contribution in [-0.4, -0.2) is 28.7 Å². The Labute approximate surface area is 66.6 Å². The van der Waals surface area contributed by atoms with Crippen LogP contribution < -0.4 is 0 Å². The maximum absolute atomic E-state index is 12.1. The zero-order chi connectivity index (χ0) is 9.35. The Bertz CT molecular complexity index is 408. The highest BCUT2D eigenvalue weighted by molar-refractivity contribution is 7.84. The predicted molar refractivity (Wildman–Crippen MR) is 34.6 cm³/mol. The van der Waals surface area contributed by atoms with Crippen LogP contribution in [0.3, 0.4) is 0 Å². The summed E-state index contributed by atoms with van der Waals surface area (Å²) in [6.45, 7) is 0. The van der Waals surface area contributed by atoms with Gasteiger partial charge in [-0.2, -0.15) is 8.42 Å². The second-order valence-electron chi connectivity index (χ2n) is 1.82. The lowest BCUT2D eigenvalue weighted by Gasteiger charge is -1.89. The Morgan fingerprint density at radius 3 is 2.50 bits per heavy atom. The van der Waals surface area contributed by atoms with Crippen LogP contribution in [0, 0.1) is 0 Å². The second-order valence-corrected chi connectivity index (χ2v) is 3.02. The van der Waals surface area contributed by atoms with Crippen molar-refractivity contribution in [3.8, 4) is 0 Å². The largest absolute Gasteiger partial charge is 0.476 e. The first kappa shape index (κ1) is 8.65. The van der Waals surface area contributed by atoms with E-state index in [2.05, 4.69) is 5.10 Å². The van der Waals surface area contributed by atoms with Gasteiger partial charge in [-0.15, -0.1) is 9.19 Å². The van der Waals surface area contributed by atoms with Crippen molar-refractivity contribution in [2.24, 2.45) is 0 Å². The molecule has 0 saturated heterocycles. The molecule has 8 heteroatoms. The molecule has 0 fully saturated rings. The summed E-state index contributed by atoms with van der Waals surface area (Å²) in [4.78, 5) is 10.1. The number of hydrogen-bond donors (Lipinski definition) is 1. The van der Waals surface area contributed by atoms with Crippen molar-refractivity contribution >= 4 is 16.4 Å². The molecule has 0 atom stereocenters. The third-order valence-electron chi connectivity index (χ3n) is 1.01. The summed E-state index contributed by atoms with van der Waals surface area (Å²) < 4.78 is 32.2. The van der Waals surface area contributed by atoms with Crippen molar-refractivity contribution in [1.82, 2.24) is 9.19 Å². The van der Waals surface area contributed by atoms with E-state index in [-0.39, 0.29) is 4.09 Å². The summed E-state index contributed by atoms with van der Waals surface area (Å²) in [6.07, 6.45) is 0.707. The molecule has 1 aromatic heterocycles. The first-order chi connectivity index (χ1) is 5.41. The molecule has 12 heavy (non-hydrogen) atoms. The molecule has 1 rings (SSSR count). The zero-order valence-corrected chi connectivity index (χ0v) is 6.32. The van der Waals surface area contributed by atoms with Crippen molar-refractivity contribution in [3.05, 3.63) is 18.0 Å². The molecule has 0 spiro atoms. The number of aromatic carboxylic acids is 1. The third-order valence-corrected chi connectivity index (χ3v) is 1.66. The van der Waals surface area contributed by atoms with Crippen molar-refractivity contribution < 1.29 is 22.2 Å². The standard InChI is InChI=1S/C4H3FN2O4S/c5-12(10,11)7-2-1-3(6-7)4(8)9/h1-2H,(H,8,9). The molecule has 1 N–H and O–H groups in total. The lowest BCUT2D eigenvalue weighted by atomic mass is 10.5. The smallest absolute Gasteiger partial charge is 0.418 e. The van der Waals surface area contributed by atoms with Crippen LogP contribution in [0.2, 0.25) is 0 Å². The van der Waals surface area contributed by atoms with E-state index in [1.807, 2.05) is 0 Å². The van der Waals surface area contributed by atoms with Gasteiger partial charge in [0.25, 0.3) is 0 Å². The minimum Gasteiger partial charge on any atom is -0.476 e. The number of aromatic nitrogens is 2. The number of hydrogen-bond acceptors (Lipinski definition) is 4. The molecule has 0 unspecified atom stereocenters. The van der Waals surface area contributed by atoms with Crippen LogP contribution in [-0.2, 0) is 10.4 Å². The fourth-order valence-corrected chi connectivity index (χ4v) is 0.934. The summed E-state index contributed by atoms with van der Waals surface area (Å²) in [5.74, 6) is -1.42. The lowest BCUT2D eigenvalue weighted by Crippen LogP contribution is -2.08. The average molecular weight is 194 g/mol. The number of rotatable bonds is 2. The molecule has 0 saturated carbocycles. The molecule has 0 aliphatic carbocycles. The Hall–Kier alpha value is -1.44. The first-order valence-corrected chi connectivity index (χ1v) is 3.99. The van der Waals surface area contributed by atoms with Crippen molar-refractivity contribution in [2.45, 2.75) is 0 Å². The first-order valence-electron chi connectivity index (χ1n) is 2.65. The molecule has 0 amide bonds. The summed E-state index contributed by atoms with van der Waals surface area (Å²) in [5.41, 5.74) is -0.531. The van der Waals surface area contributed by atoms with Crippen LogP contribution in [0.25, 0.3) is 0 Å². The summed E-state index contributed by atoms with van der Waals surface area (Å²) >= 11 is 0. The highest BCUT2D eigenvalue weighted by Crippen LogP contribution is 2.00. The van der Waals surface area contributed by atoms with Gasteiger partial charge in [0.15, 0.2) is 5.69 Å². The van der Waals surface area contributed by atoms with E-state index < -0.39 is 22.1 Å². The lowest BCUT2D eigenvalue weighted by molar-refractivity contribution is 0.0690. The van der Waals surface area contributed by atoms with E-state index in [4.69, 9.17) is 5.11 Å². The molecular weight excluding hydrogens is 191 g/mol. The maximum atomic E-state index is 12.1. The number of carboxylic acids is 1. The van der Waals surface area contributed by atoms with Gasteiger partial charge in [0.2, 0.25) is 0 Å². The van der Waals surface area contributed by atoms with Gasteiger partial charge in [0.05, 0.1) is 0 Å². The number of nitrogens with zero attached hydrogens (tertiary/aromatic N) is 2. The van der Waals surface area contributed by atoms with E-state index in [9.17, 15) is 17.1 Å². The van der Waals surface area contributed by atoms with Crippen molar-refractivity contribution in [1.29, 1.82) is 0 Å². The van der Waals surface area contributed by atoms with Crippen LogP contribution >= 0.6 is 0 Å². The monoisotopic (exact) mass is 194 g/mol. The fraction of sp³-hybridized carbons (Fsp3) is 0. The van der Waals surface area contributed by atoms with Crippen LogP contribution in [0.15, 0.2) is 12.3 Å². The molecule has 0 bridgehead atoms. The van der Waals surface area contributed by atoms with Gasteiger partial charge in [-0.05, 0) is 6.07 Å². The Balaban J connectivity index is 3.17. The van der Waals surface area contributed by atoms with Crippen LogP contribution in [0.1, 0.15) is 10.5 Å². The molecule has 66 valence electrons. The number of carbonyl (C=O) groups is 1. The van der Waals surface area contributed by atoms with E-state index in [1.54, 1.807) is 0 Å². The van der Waals surface area contributed by atoms with Gasteiger partial charge in [-0.25, -0.2) is 4.79 Å². The quantitative estimate of drug-likeness (QED) is 0.649. The highest BCUT2D eigenvalue weighted by Gasteiger charge is 2.14. The van der Waals surface area contributed by atoms with E-state index >= 15 is 0 Å². The van der Waals surface area contributed by atoms with Gasteiger partial charge in [0.1, 0.15) is 0 Å². The minimum absolute atomic E-state index is 0.0591. The summed E-state index contributed by atoms with van der Waals surface area (Å²) in [7, 11) is -4.97. The topological polar surface area (TPSA) is 89.3 Å². The molecule has 0 radical (unpaired) electrons. The molecule has 1 aromatic rings. The van der Waals surface area contributed by atoms with Gasteiger partial charge in [-0.1, -0.05) is 3.89 Å². The number of halogens is 1. The maximum Gasteiger partial charge on any atom is 0.418 e. The van der Waals surface area contributed by atoms with E-state index in [0.29, 0.717) is 6.20 Å². The molecule has 1 heterocycles. The second kappa shape index (κ2) is 2.55. The molecule has 0 aliphatic heterocycles. The molecule has 6 nitrogen and oxygen atoms in total. The van der Waals surface area contributed by atoms with Gasteiger partial charge >= 0.3 is 16.4 Å². The van der Waals surface area contributed by atoms with Gasteiger partial charge in [-0.3, -0.25) is 0 Å². The third kappa shape index (κ3) is 1.59. The fourth-order valence-electron chi connectivity index (χ4n) is 0.543. The highest BCUT2D eigenvalue weighted by atomic mass is 32.3. The zero-order valence-electron chi connectivity index (χ0n) is 5.51. The van der Waals surface area contributed by atoms with Crippen molar-refractivity contribution in [2.75, 3.05) is 0 Å². The Morgan fingerprint density at radius 1 is 1.67 bits per heavy atom. The SMILES string of the molecule is O=C(O)c1ccn(S(=O)(=O)F)n1. The normalized spacial score (nSPS) is 11.4. The minimum atomic E-state index is -4.97. The molecule has 0 aliphatic rings. The molecule has 0 aromatic carbocycles. The van der Waals surface area contributed by atoms with Gasteiger partial charge < -0.3 is 5.11 Å². The molecular formula is C4H3FN2O4S. The Morgan fingerprint density at radius 2 is 2.25 bits per heavy atom. The Kier molecular flexibility index (Phi) is 1.84.